The van der Waals surface area contributed by atoms with Crippen LogP contribution in [0.2, 0.25) is 0 Å². The number of carbonyl (C=O) groups is 1. The Morgan fingerprint density at radius 2 is 1.81 bits per heavy atom. The van der Waals surface area contributed by atoms with Gasteiger partial charge in [-0.25, -0.2) is 13.1 Å². The molecule has 0 fully saturated rings. The molecular formula is C20H24F3N3O4S. The number of nitrogens with zero attached hydrogens (tertiary/aromatic N) is 1. The second kappa shape index (κ2) is 10.1. The highest BCUT2D eigenvalue weighted by Crippen LogP contribution is 2.30. The Kier molecular flexibility index (Phi) is 8.04. The van der Waals surface area contributed by atoms with Gasteiger partial charge in [0, 0.05) is 6.54 Å². The molecule has 7 nitrogen and oxygen atoms in total. The molecule has 0 aliphatic heterocycles. The van der Waals surface area contributed by atoms with Crippen molar-refractivity contribution in [3.8, 4) is 5.75 Å². The van der Waals surface area contributed by atoms with Crippen LogP contribution in [0.4, 0.5) is 13.2 Å². The van der Waals surface area contributed by atoms with Crippen molar-refractivity contribution in [2.24, 2.45) is 0 Å². The minimum atomic E-state index is -4.68. The van der Waals surface area contributed by atoms with E-state index in [2.05, 4.69) is 5.32 Å². The zero-order valence-electron chi connectivity index (χ0n) is 17.2. The van der Waals surface area contributed by atoms with Gasteiger partial charge in [-0.05, 0) is 50.0 Å². The first-order valence-corrected chi connectivity index (χ1v) is 10.7. The first-order chi connectivity index (χ1) is 14.4. The SMILES string of the molecule is COc1cccc(C(CNC(=O)CNS(=O)(=O)c2cccc(C(F)(F)F)c2)N(C)C)c1. The number of hydrogen-bond acceptors (Lipinski definition) is 5. The summed E-state index contributed by atoms with van der Waals surface area (Å²) in [4.78, 5) is 13.5. The summed E-state index contributed by atoms with van der Waals surface area (Å²) in [7, 11) is 0.904. The highest BCUT2D eigenvalue weighted by Gasteiger charge is 2.31. The van der Waals surface area contributed by atoms with Crippen LogP contribution >= 0.6 is 0 Å². The molecule has 0 saturated heterocycles. The second-order valence-electron chi connectivity index (χ2n) is 6.91. The number of benzene rings is 2. The molecule has 0 radical (unpaired) electrons. The van der Waals surface area contributed by atoms with Crippen LogP contribution in [-0.2, 0) is 21.0 Å². The van der Waals surface area contributed by atoms with E-state index in [0.29, 0.717) is 11.8 Å². The Balaban J connectivity index is 2.00. The van der Waals surface area contributed by atoms with Crippen molar-refractivity contribution in [1.29, 1.82) is 0 Å². The quantitative estimate of drug-likeness (QED) is 0.602. The van der Waals surface area contributed by atoms with Crippen LogP contribution in [0.5, 0.6) is 5.75 Å². The van der Waals surface area contributed by atoms with E-state index in [1.165, 1.54) is 0 Å². The number of alkyl halides is 3. The number of likely N-dealkylation sites (N-methyl/N-ethyl adjacent to an activating group) is 1. The van der Waals surface area contributed by atoms with Gasteiger partial charge in [0.25, 0.3) is 0 Å². The summed E-state index contributed by atoms with van der Waals surface area (Å²) in [5, 5.41) is 2.63. The minimum absolute atomic E-state index is 0.185. The highest BCUT2D eigenvalue weighted by atomic mass is 32.2. The van der Waals surface area contributed by atoms with E-state index in [4.69, 9.17) is 4.74 Å². The molecular weight excluding hydrogens is 435 g/mol. The summed E-state index contributed by atoms with van der Waals surface area (Å²) in [6.45, 7) is -0.429. The van der Waals surface area contributed by atoms with Crippen LogP contribution in [0.25, 0.3) is 0 Å². The van der Waals surface area contributed by atoms with Gasteiger partial charge in [0.15, 0.2) is 0 Å². The third-order valence-electron chi connectivity index (χ3n) is 4.49. The third kappa shape index (κ3) is 6.94. The maximum atomic E-state index is 12.8. The smallest absolute Gasteiger partial charge is 0.416 e. The van der Waals surface area contributed by atoms with Gasteiger partial charge in [0.1, 0.15) is 5.75 Å². The average Bonchev–Trinajstić information content (AvgIpc) is 2.72. The molecule has 1 atom stereocenters. The molecule has 1 amide bonds. The van der Waals surface area contributed by atoms with E-state index in [0.717, 1.165) is 23.8 Å². The van der Waals surface area contributed by atoms with Crippen molar-refractivity contribution >= 4 is 15.9 Å². The molecule has 170 valence electrons. The van der Waals surface area contributed by atoms with Crippen molar-refractivity contribution in [2.45, 2.75) is 17.1 Å². The molecule has 0 aliphatic rings. The molecule has 2 rings (SSSR count). The number of carbonyl (C=O) groups excluding carboxylic acids is 1. The van der Waals surface area contributed by atoms with E-state index in [9.17, 15) is 26.4 Å². The first-order valence-electron chi connectivity index (χ1n) is 9.18. The summed E-state index contributed by atoms with van der Waals surface area (Å²) in [6, 6.07) is 10.4. The number of hydrogen-bond donors (Lipinski definition) is 2. The van der Waals surface area contributed by atoms with Crippen molar-refractivity contribution < 1.29 is 31.1 Å². The number of methoxy groups -OCH3 is 1. The Bertz CT molecular complexity index is 1010. The predicted molar refractivity (Wildman–Crippen MR) is 109 cm³/mol. The van der Waals surface area contributed by atoms with Gasteiger partial charge in [-0.15, -0.1) is 0 Å². The van der Waals surface area contributed by atoms with Crippen LogP contribution in [0, 0.1) is 0 Å². The van der Waals surface area contributed by atoms with Crippen molar-refractivity contribution in [3.05, 3.63) is 59.7 Å². The molecule has 2 aromatic rings. The zero-order chi connectivity index (χ0) is 23.2. The van der Waals surface area contributed by atoms with Gasteiger partial charge in [-0.3, -0.25) is 4.79 Å². The van der Waals surface area contributed by atoms with Crippen molar-refractivity contribution in [1.82, 2.24) is 14.9 Å². The molecule has 0 spiro atoms. The average molecular weight is 459 g/mol. The van der Waals surface area contributed by atoms with Crippen LogP contribution in [0.1, 0.15) is 17.2 Å². The van der Waals surface area contributed by atoms with Gasteiger partial charge in [0.05, 0.1) is 30.2 Å². The van der Waals surface area contributed by atoms with Gasteiger partial charge >= 0.3 is 6.18 Å². The van der Waals surface area contributed by atoms with E-state index in [1.54, 1.807) is 13.2 Å². The maximum Gasteiger partial charge on any atom is 0.416 e. The Morgan fingerprint density at radius 3 is 2.42 bits per heavy atom. The lowest BCUT2D eigenvalue weighted by molar-refractivity contribution is -0.137. The third-order valence-corrected chi connectivity index (χ3v) is 5.89. The van der Waals surface area contributed by atoms with Gasteiger partial charge in [-0.1, -0.05) is 18.2 Å². The fraction of sp³-hybridized carbons (Fsp3) is 0.350. The number of sulfonamides is 1. The van der Waals surface area contributed by atoms with E-state index < -0.39 is 39.1 Å². The normalized spacial score (nSPS) is 13.1. The summed E-state index contributed by atoms with van der Waals surface area (Å²) < 4.78 is 70.2. The first kappa shape index (κ1) is 24.6. The molecule has 1 unspecified atom stereocenters. The van der Waals surface area contributed by atoms with E-state index >= 15 is 0 Å². The fourth-order valence-corrected chi connectivity index (χ4v) is 3.83. The van der Waals surface area contributed by atoms with Crippen LogP contribution in [-0.4, -0.2) is 53.5 Å². The van der Waals surface area contributed by atoms with E-state index in [1.807, 2.05) is 41.9 Å². The maximum absolute atomic E-state index is 12.8. The standard InChI is InChI=1S/C20H24F3N3O4S/c1-26(2)18(14-6-4-8-16(10-14)30-3)12-24-19(27)13-25-31(28,29)17-9-5-7-15(11-17)20(21,22)23/h4-11,18,25H,12-13H2,1-3H3,(H,24,27). The summed E-state index contributed by atoms with van der Waals surface area (Å²) in [6.07, 6.45) is -4.68. The topological polar surface area (TPSA) is 87.7 Å². The molecule has 31 heavy (non-hydrogen) atoms. The summed E-state index contributed by atoms with van der Waals surface area (Å²) in [5.41, 5.74) is -0.207. The predicted octanol–water partition coefficient (Wildman–Crippen LogP) is 2.41. The number of rotatable bonds is 9. The monoisotopic (exact) mass is 459 g/mol. The molecule has 2 N–H and O–H groups in total. The zero-order valence-corrected chi connectivity index (χ0v) is 18.0. The number of halogens is 3. The van der Waals surface area contributed by atoms with Gasteiger partial charge in [0.2, 0.25) is 15.9 Å². The van der Waals surface area contributed by atoms with Gasteiger partial charge < -0.3 is 15.0 Å². The van der Waals surface area contributed by atoms with Crippen LogP contribution in [0.3, 0.4) is 0 Å². The van der Waals surface area contributed by atoms with Crippen molar-refractivity contribution in [2.75, 3.05) is 34.3 Å². The lowest BCUT2D eigenvalue weighted by Gasteiger charge is -2.25. The highest BCUT2D eigenvalue weighted by molar-refractivity contribution is 7.89. The summed E-state index contributed by atoms with van der Waals surface area (Å²) in [5.74, 6) is 0.0369. The molecule has 0 aromatic heterocycles. The Morgan fingerprint density at radius 1 is 1.13 bits per heavy atom. The van der Waals surface area contributed by atoms with Crippen molar-refractivity contribution in [3.63, 3.8) is 0 Å². The van der Waals surface area contributed by atoms with E-state index in [-0.39, 0.29) is 12.6 Å². The van der Waals surface area contributed by atoms with Crippen LogP contribution in [0.15, 0.2) is 53.4 Å². The molecule has 0 bridgehead atoms. The molecule has 0 aliphatic carbocycles. The van der Waals surface area contributed by atoms with Crippen LogP contribution < -0.4 is 14.8 Å². The lowest BCUT2D eigenvalue weighted by Crippen LogP contribution is -2.40. The Hall–Kier alpha value is -2.63. The molecule has 0 saturated carbocycles. The largest absolute Gasteiger partial charge is 0.497 e. The molecule has 2 aromatic carbocycles. The lowest BCUT2D eigenvalue weighted by atomic mass is 10.1. The minimum Gasteiger partial charge on any atom is -0.497 e. The summed E-state index contributed by atoms with van der Waals surface area (Å²) >= 11 is 0. The fourth-order valence-electron chi connectivity index (χ4n) is 2.80. The number of nitrogens with one attached hydrogen (secondary N) is 2. The molecule has 11 heteroatoms. The van der Waals surface area contributed by atoms with Gasteiger partial charge in [-0.2, -0.15) is 13.2 Å². The molecule has 0 heterocycles. The Labute approximate surface area is 179 Å². The second-order valence-corrected chi connectivity index (χ2v) is 8.68. The number of ether oxygens (including phenoxy) is 1. The number of amides is 1.